The van der Waals surface area contributed by atoms with Gasteiger partial charge >= 0.3 is 12.0 Å². The van der Waals surface area contributed by atoms with Gasteiger partial charge in [0, 0.05) is 5.70 Å². The number of ether oxygens (including phenoxy) is 2. The van der Waals surface area contributed by atoms with Crippen LogP contribution in [0.15, 0.2) is 53.7 Å². The van der Waals surface area contributed by atoms with E-state index in [0.717, 1.165) is 11.1 Å². The van der Waals surface area contributed by atoms with Crippen LogP contribution in [-0.2, 0) is 16.1 Å². The number of aryl methyl sites for hydroxylation is 2. The first kappa shape index (κ1) is 21.4. The summed E-state index contributed by atoms with van der Waals surface area (Å²) in [5.41, 5.74) is 5.29. The SMILES string of the molecule is COC(=O)C1=C(C(C)C)NC(=O)NC1c1ccc(OCc2cc(C)ccc2C)cc1. The molecule has 2 amide bonds. The summed E-state index contributed by atoms with van der Waals surface area (Å²) in [6, 6.07) is 12.8. The molecule has 0 aromatic heterocycles. The molecule has 0 spiro atoms. The van der Waals surface area contributed by atoms with Crippen molar-refractivity contribution in [1.29, 1.82) is 0 Å². The van der Waals surface area contributed by atoms with Crippen molar-refractivity contribution in [3.8, 4) is 5.75 Å². The van der Waals surface area contributed by atoms with Crippen LogP contribution in [0.1, 0.15) is 42.1 Å². The Morgan fingerprint density at radius 1 is 1.10 bits per heavy atom. The number of amides is 2. The summed E-state index contributed by atoms with van der Waals surface area (Å²) in [6.45, 7) is 8.44. The molecule has 6 heteroatoms. The molecular weight excluding hydrogens is 380 g/mol. The highest BCUT2D eigenvalue weighted by atomic mass is 16.5. The Labute approximate surface area is 177 Å². The first-order valence-corrected chi connectivity index (χ1v) is 9.99. The third-order valence-electron chi connectivity index (χ3n) is 5.20. The van der Waals surface area contributed by atoms with Gasteiger partial charge in [0.2, 0.25) is 0 Å². The summed E-state index contributed by atoms with van der Waals surface area (Å²) in [4.78, 5) is 24.6. The fraction of sp³-hybridized carbons (Fsp3) is 0.333. The number of carbonyl (C=O) groups excluding carboxylic acids is 2. The van der Waals surface area contributed by atoms with Crippen LogP contribution in [0.3, 0.4) is 0 Å². The highest BCUT2D eigenvalue weighted by Gasteiger charge is 2.34. The number of urea groups is 1. The predicted molar refractivity (Wildman–Crippen MR) is 115 cm³/mol. The second-order valence-corrected chi connectivity index (χ2v) is 7.79. The Morgan fingerprint density at radius 2 is 1.80 bits per heavy atom. The summed E-state index contributed by atoms with van der Waals surface area (Å²) < 4.78 is 10.9. The number of allylic oxidation sites excluding steroid dienone is 1. The lowest BCUT2D eigenvalue weighted by atomic mass is 9.91. The second-order valence-electron chi connectivity index (χ2n) is 7.79. The minimum Gasteiger partial charge on any atom is -0.489 e. The van der Waals surface area contributed by atoms with E-state index in [-0.39, 0.29) is 11.9 Å². The van der Waals surface area contributed by atoms with Crippen LogP contribution in [0.2, 0.25) is 0 Å². The normalized spacial score (nSPS) is 16.2. The molecule has 30 heavy (non-hydrogen) atoms. The van der Waals surface area contributed by atoms with E-state index in [0.29, 0.717) is 23.6 Å². The lowest BCUT2D eigenvalue weighted by Crippen LogP contribution is -2.47. The topological polar surface area (TPSA) is 76.7 Å². The standard InChI is InChI=1S/C24H28N2O4/c1-14(2)21-20(23(27)29-5)22(26-24(28)25-21)17-8-10-19(11-9-17)30-13-18-12-15(3)6-7-16(18)4/h6-12,14,22H,13H2,1-5H3,(H2,25,26,28). The second kappa shape index (κ2) is 9.03. The largest absolute Gasteiger partial charge is 0.489 e. The number of hydrogen-bond acceptors (Lipinski definition) is 4. The third kappa shape index (κ3) is 4.64. The average molecular weight is 408 g/mol. The number of hydrogen-bond donors (Lipinski definition) is 2. The molecule has 6 nitrogen and oxygen atoms in total. The van der Waals surface area contributed by atoms with E-state index in [9.17, 15) is 9.59 Å². The summed E-state index contributed by atoms with van der Waals surface area (Å²) in [5.74, 6) is 0.215. The van der Waals surface area contributed by atoms with E-state index in [1.54, 1.807) is 0 Å². The van der Waals surface area contributed by atoms with Crippen LogP contribution in [0, 0.1) is 19.8 Å². The number of esters is 1. The van der Waals surface area contributed by atoms with Crippen LogP contribution in [0.5, 0.6) is 5.75 Å². The molecule has 1 unspecified atom stereocenters. The molecule has 1 aliphatic rings. The molecule has 0 bridgehead atoms. The van der Waals surface area contributed by atoms with Gasteiger partial charge in [-0.1, -0.05) is 49.7 Å². The molecule has 0 aliphatic carbocycles. The third-order valence-corrected chi connectivity index (χ3v) is 5.20. The molecule has 2 aromatic rings. The van der Waals surface area contributed by atoms with Crippen molar-refractivity contribution in [2.75, 3.05) is 7.11 Å². The number of nitrogens with one attached hydrogen (secondary N) is 2. The van der Waals surface area contributed by atoms with Gasteiger partial charge in [-0.2, -0.15) is 0 Å². The Morgan fingerprint density at radius 3 is 2.43 bits per heavy atom. The average Bonchev–Trinajstić information content (AvgIpc) is 2.73. The summed E-state index contributed by atoms with van der Waals surface area (Å²) >= 11 is 0. The summed E-state index contributed by atoms with van der Waals surface area (Å²) in [5, 5.41) is 5.57. The molecule has 1 atom stereocenters. The van der Waals surface area contributed by atoms with Crippen molar-refractivity contribution in [3.63, 3.8) is 0 Å². The number of benzene rings is 2. The zero-order chi connectivity index (χ0) is 21.8. The molecule has 0 saturated heterocycles. The quantitative estimate of drug-likeness (QED) is 0.698. The van der Waals surface area contributed by atoms with Gasteiger partial charge in [0.25, 0.3) is 0 Å². The molecule has 0 radical (unpaired) electrons. The highest BCUT2D eigenvalue weighted by molar-refractivity contribution is 5.95. The predicted octanol–water partition coefficient (Wildman–Crippen LogP) is 4.32. The number of carbonyl (C=O) groups is 2. The number of rotatable bonds is 6. The minimum absolute atomic E-state index is 0.0344. The van der Waals surface area contributed by atoms with Gasteiger partial charge in [-0.15, -0.1) is 0 Å². The molecule has 1 aliphatic heterocycles. The van der Waals surface area contributed by atoms with Gasteiger partial charge in [-0.05, 0) is 48.6 Å². The van der Waals surface area contributed by atoms with Crippen LogP contribution < -0.4 is 15.4 Å². The summed E-state index contributed by atoms with van der Waals surface area (Å²) in [7, 11) is 1.34. The molecule has 3 rings (SSSR count). The fourth-order valence-corrected chi connectivity index (χ4v) is 3.50. The highest BCUT2D eigenvalue weighted by Crippen LogP contribution is 2.31. The first-order valence-electron chi connectivity index (χ1n) is 9.99. The van der Waals surface area contributed by atoms with Gasteiger partial charge in [0.05, 0.1) is 18.7 Å². The van der Waals surface area contributed by atoms with E-state index >= 15 is 0 Å². The molecule has 0 fully saturated rings. The molecule has 2 N–H and O–H groups in total. The lowest BCUT2D eigenvalue weighted by molar-refractivity contribution is -0.136. The van der Waals surface area contributed by atoms with E-state index in [1.165, 1.54) is 18.2 Å². The Balaban J connectivity index is 1.83. The maximum atomic E-state index is 12.5. The molecule has 2 aromatic carbocycles. The number of methoxy groups -OCH3 is 1. The van der Waals surface area contributed by atoms with E-state index in [1.807, 2.05) is 38.1 Å². The summed E-state index contributed by atoms with van der Waals surface area (Å²) in [6.07, 6.45) is 0. The van der Waals surface area contributed by atoms with Gasteiger partial charge in [-0.25, -0.2) is 9.59 Å². The maximum Gasteiger partial charge on any atom is 0.337 e. The smallest absolute Gasteiger partial charge is 0.337 e. The van der Waals surface area contributed by atoms with Gasteiger partial charge < -0.3 is 20.1 Å². The zero-order valence-corrected chi connectivity index (χ0v) is 18.0. The minimum atomic E-state index is -0.586. The molecule has 1 heterocycles. The van der Waals surface area contributed by atoms with Gasteiger partial charge in [-0.3, -0.25) is 0 Å². The van der Waals surface area contributed by atoms with E-state index in [2.05, 4.69) is 42.7 Å². The van der Waals surface area contributed by atoms with Crippen molar-refractivity contribution < 1.29 is 19.1 Å². The molecule has 0 saturated carbocycles. The van der Waals surface area contributed by atoms with Crippen LogP contribution in [0.4, 0.5) is 4.79 Å². The van der Waals surface area contributed by atoms with E-state index < -0.39 is 12.0 Å². The monoisotopic (exact) mass is 408 g/mol. The Hall–Kier alpha value is -3.28. The zero-order valence-electron chi connectivity index (χ0n) is 18.0. The van der Waals surface area contributed by atoms with Crippen molar-refractivity contribution >= 4 is 12.0 Å². The van der Waals surface area contributed by atoms with Crippen molar-refractivity contribution in [2.45, 2.75) is 40.3 Å². The van der Waals surface area contributed by atoms with Crippen molar-refractivity contribution in [3.05, 3.63) is 76.0 Å². The van der Waals surface area contributed by atoms with Crippen LogP contribution in [-0.4, -0.2) is 19.1 Å². The Kier molecular flexibility index (Phi) is 6.45. The van der Waals surface area contributed by atoms with Crippen molar-refractivity contribution in [2.24, 2.45) is 5.92 Å². The Bertz CT molecular complexity index is 977. The first-order chi connectivity index (χ1) is 14.3. The fourth-order valence-electron chi connectivity index (χ4n) is 3.50. The van der Waals surface area contributed by atoms with Crippen molar-refractivity contribution in [1.82, 2.24) is 10.6 Å². The van der Waals surface area contributed by atoms with E-state index in [4.69, 9.17) is 9.47 Å². The molecule has 158 valence electrons. The molecular formula is C24H28N2O4. The van der Waals surface area contributed by atoms with Gasteiger partial charge in [0.15, 0.2) is 0 Å². The lowest BCUT2D eigenvalue weighted by Gasteiger charge is -2.30. The van der Waals surface area contributed by atoms with Gasteiger partial charge in [0.1, 0.15) is 12.4 Å². The van der Waals surface area contributed by atoms with Crippen LogP contribution >= 0.6 is 0 Å². The maximum absolute atomic E-state index is 12.5. The van der Waals surface area contributed by atoms with Crippen LogP contribution in [0.25, 0.3) is 0 Å².